The fraction of sp³-hybridized carbons (Fsp3) is 0.286. The molecule has 0 spiro atoms. The molecule has 2 fully saturated rings. The highest BCUT2D eigenvalue weighted by molar-refractivity contribution is 8.26. The molecule has 1 aromatic carbocycles. The number of sulfone groups is 1. The number of hydrogen-bond acceptors (Lipinski definition) is 5. The van der Waals surface area contributed by atoms with Gasteiger partial charge in [-0.2, -0.15) is 0 Å². The van der Waals surface area contributed by atoms with Gasteiger partial charge in [0.25, 0.3) is 5.91 Å². The molecule has 2 saturated heterocycles. The molecule has 4 nitrogen and oxygen atoms in total. The molecule has 0 radical (unpaired) electrons. The van der Waals surface area contributed by atoms with Crippen molar-refractivity contribution < 1.29 is 13.2 Å². The van der Waals surface area contributed by atoms with E-state index in [1.54, 1.807) is 12.1 Å². The molecule has 2 heterocycles. The lowest BCUT2D eigenvalue weighted by Gasteiger charge is -2.20. The van der Waals surface area contributed by atoms with Gasteiger partial charge in [-0.1, -0.05) is 53.8 Å². The minimum absolute atomic E-state index is 0.0151. The van der Waals surface area contributed by atoms with E-state index in [1.807, 2.05) is 18.2 Å². The molecule has 1 amide bonds. The number of thioether (sulfide) groups is 1. The average molecular weight is 374 g/mol. The number of amides is 1. The van der Waals surface area contributed by atoms with Crippen LogP contribution in [0, 0.1) is 0 Å². The van der Waals surface area contributed by atoms with Crippen molar-refractivity contribution >= 4 is 61.7 Å². The van der Waals surface area contributed by atoms with Crippen LogP contribution in [0.25, 0.3) is 6.08 Å². The van der Waals surface area contributed by atoms with E-state index in [0.717, 1.165) is 5.56 Å². The van der Waals surface area contributed by atoms with Crippen LogP contribution in [0.3, 0.4) is 0 Å². The van der Waals surface area contributed by atoms with Crippen molar-refractivity contribution in [3.63, 3.8) is 0 Å². The average Bonchev–Trinajstić information content (AvgIpc) is 2.92. The fourth-order valence-corrected chi connectivity index (χ4v) is 5.79. The molecule has 22 heavy (non-hydrogen) atoms. The Kier molecular flexibility index (Phi) is 4.33. The summed E-state index contributed by atoms with van der Waals surface area (Å²) in [6.07, 6.45) is 2.14. The smallest absolute Gasteiger partial charge is 0.266 e. The zero-order valence-corrected chi connectivity index (χ0v) is 14.6. The number of thiocarbonyl (C=S) groups is 1. The minimum Gasteiger partial charge on any atom is -0.289 e. The van der Waals surface area contributed by atoms with E-state index >= 15 is 0 Å². The molecule has 3 rings (SSSR count). The Bertz CT molecular complexity index is 788. The van der Waals surface area contributed by atoms with Gasteiger partial charge < -0.3 is 0 Å². The first kappa shape index (κ1) is 16.0. The molecular formula is C14H12ClNO3S3. The number of carbonyl (C=O) groups excluding carboxylic acids is 1. The van der Waals surface area contributed by atoms with Crippen molar-refractivity contribution in [3.8, 4) is 0 Å². The van der Waals surface area contributed by atoms with Crippen molar-refractivity contribution in [1.29, 1.82) is 0 Å². The third-order valence-electron chi connectivity index (χ3n) is 3.59. The van der Waals surface area contributed by atoms with E-state index in [2.05, 4.69) is 0 Å². The minimum atomic E-state index is -3.07. The molecule has 0 bridgehead atoms. The second-order valence-corrected chi connectivity index (χ2v) is 9.44. The summed E-state index contributed by atoms with van der Waals surface area (Å²) in [5, 5.41) is 0.552. The topological polar surface area (TPSA) is 54.5 Å². The SMILES string of the molecule is O=C1/C(=C/c2ccccc2Cl)SC(=S)N1C1CCS(=O)(=O)C1. The van der Waals surface area contributed by atoms with Crippen LogP contribution in [0.4, 0.5) is 0 Å². The third kappa shape index (κ3) is 3.08. The van der Waals surface area contributed by atoms with Gasteiger partial charge in [-0.3, -0.25) is 9.69 Å². The molecule has 116 valence electrons. The van der Waals surface area contributed by atoms with E-state index < -0.39 is 9.84 Å². The summed E-state index contributed by atoms with van der Waals surface area (Å²) in [6.45, 7) is 0. The maximum absolute atomic E-state index is 12.5. The first-order valence-electron chi connectivity index (χ1n) is 6.59. The van der Waals surface area contributed by atoms with Crippen LogP contribution in [0.15, 0.2) is 29.2 Å². The number of nitrogens with zero attached hydrogens (tertiary/aromatic N) is 1. The predicted molar refractivity (Wildman–Crippen MR) is 93.5 cm³/mol. The van der Waals surface area contributed by atoms with Crippen molar-refractivity contribution in [3.05, 3.63) is 39.8 Å². The highest BCUT2D eigenvalue weighted by Gasteiger charge is 2.42. The van der Waals surface area contributed by atoms with Gasteiger partial charge in [-0.25, -0.2) is 8.42 Å². The Morgan fingerprint density at radius 1 is 1.36 bits per heavy atom. The Labute approximate surface area is 143 Å². The predicted octanol–water partition coefficient (Wildman–Crippen LogP) is 2.73. The lowest BCUT2D eigenvalue weighted by Crippen LogP contribution is -2.39. The van der Waals surface area contributed by atoms with Crippen LogP contribution >= 0.6 is 35.6 Å². The van der Waals surface area contributed by atoms with Crippen LogP contribution < -0.4 is 0 Å². The van der Waals surface area contributed by atoms with Gasteiger partial charge >= 0.3 is 0 Å². The molecule has 1 unspecified atom stereocenters. The van der Waals surface area contributed by atoms with Crippen molar-refractivity contribution in [2.75, 3.05) is 11.5 Å². The van der Waals surface area contributed by atoms with Crippen LogP contribution in [0.1, 0.15) is 12.0 Å². The van der Waals surface area contributed by atoms with Gasteiger partial charge in [0.05, 0.1) is 22.5 Å². The molecule has 0 aromatic heterocycles. The second kappa shape index (κ2) is 5.96. The Morgan fingerprint density at radius 3 is 2.73 bits per heavy atom. The number of halogens is 1. The van der Waals surface area contributed by atoms with Crippen LogP contribution in [0.5, 0.6) is 0 Å². The largest absolute Gasteiger partial charge is 0.289 e. The highest BCUT2D eigenvalue weighted by atomic mass is 35.5. The summed E-state index contributed by atoms with van der Waals surface area (Å²) in [5.41, 5.74) is 0.740. The van der Waals surface area contributed by atoms with Crippen LogP contribution in [0.2, 0.25) is 5.02 Å². The molecule has 2 aliphatic heterocycles. The van der Waals surface area contributed by atoms with Crippen molar-refractivity contribution in [2.24, 2.45) is 0 Å². The summed E-state index contributed by atoms with van der Waals surface area (Å²) in [7, 11) is -3.07. The third-order valence-corrected chi connectivity index (χ3v) is 7.01. The quantitative estimate of drug-likeness (QED) is 0.589. The molecule has 1 atom stereocenters. The molecule has 1 aromatic rings. The van der Waals surface area contributed by atoms with Crippen LogP contribution in [-0.4, -0.2) is 41.1 Å². The van der Waals surface area contributed by atoms with E-state index in [0.29, 0.717) is 20.7 Å². The first-order chi connectivity index (χ1) is 10.4. The van der Waals surface area contributed by atoms with Crippen LogP contribution in [-0.2, 0) is 14.6 Å². The standard InChI is InChI=1S/C14H12ClNO3S3/c15-11-4-2-1-3-9(11)7-12-13(17)16(14(20)21-12)10-5-6-22(18,19)8-10/h1-4,7,10H,5-6,8H2/b12-7-. The van der Waals surface area contributed by atoms with Gasteiger partial charge in [0.2, 0.25) is 0 Å². The highest BCUT2D eigenvalue weighted by Crippen LogP contribution is 2.36. The summed E-state index contributed by atoms with van der Waals surface area (Å²) >= 11 is 12.5. The maximum Gasteiger partial charge on any atom is 0.266 e. The number of benzene rings is 1. The lowest BCUT2D eigenvalue weighted by molar-refractivity contribution is -0.123. The summed E-state index contributed by atoms with van der Waals surface area (Å²) in [6, 6.07) is 6.86. The van der Waals surface area contributed by atoms with Gasteiger partial charge in [0.1, 0.15) is 4.32 Å². The number of hydrogen-bond donors (Lipinski definition) is 0. The summed E-state index contributed by atoms with van der Waals surface area (Å²) in [4.78, 5) is 14.5. The zero-order valence-electron chi connectivity index (χ0n) is 11.4. The van der Waals surface area contributed by atoms with E-state index in [9.17, 15) is 13.2 Å². The molecule has 0 saturated carbocycles. The zero-order chi connectivity index (χ0) is 15.9. The monoisotopic (exact) mass is 373 g/mol. The Balaban J connectivity index is 1.88. The van der Waals surface area contributed by atoms with E-state index in [4.69, 9.17) is 23.8 Å². The van der Waals surface area contributed by atoms with Crippen molar-refractivity contribution in [2.45, 2.75) is 12.5 Å². The Morgan fingerprint density at radius 2 is 2.09 bits per heavy atom. The summed E-state index contributed by atoms with van der Waals surface area (Å²) in [5.74, 6) is -0.145. The maximum atomic E-state index is 12.5. The Hall–Kier alpha value is -0.890. The second-order valence-electron chi connectivity index (χ2n) is 5.13. The lowest BCUT2D eigenvalue weighted by atomic mass is 10.2. The molecule has 2 aliphatic rings. The van der Waals surface area contributed by atoms with E-state index in [-0.39, 0.29) is 23.5 Å². The first-order valence-corrected chi connectivity index (χ1v) is 10.0. The molecular weight excluding hydrogens is 362 g/mol. The van der Waals surface area contributed by atoms with Crippen molar-refractivity contribution in [1.82, 2.24) is 4.90 Å². The van der Waals surface area contributed by atoms with Gasteiger partial charge in [0, 0.05) is 5.02 Å². The normalized spacial score (nSPS) is 26.1. The molecule has 0 aliphatic carbocycles. The molecule has 0 N–H and O–H groups in total. The van der Waals surface area contributed by atoms with Gasteiger partial charge in [-0.15, -0.1) is 0 Å². The van der Waals surface area contributed by atoms with Gasteiger partial charge in [0.15, 0.2) is 9.84 Å². The number of carbonyl (C=O) groups is 1. The molecule has 8 heteroatoms. The number of rotatable bonds is 2. The fourth-order valence-electron chi connectivity index (χ4n) is 2.51. The van der Waals surface area contributed by atoms with Gasteiger partial charge in [-0.05, 0) is 24.1 Å². The summed E-state index contributed by atoms with van der Waals surface area (Å²) < 4.78 is 23.6. The van der Waals surface area contributed by atoms with E-state index in [1.165, 1.54) is 16.7 Å².